The van der Waals surface area contributed by atoms with E-state index in [4.69, 9.17) is 4.74 Å². The van der Waals surface area contributed by atoms with E-state index in [1.165, 1.54) is 12.1 Å². The van der Waals surface area contributed by atoms with Crippen LogP contribution in [0.15, 0.2) is 48.5 Å². The number of nitrogens with zero attached hydrogens (tertiary/aromatic N) is 1. The molecule has 1 fully saturated rings. The fraction of sp³-hybridized carbons (Fsp3) is 0.381. The molecule has 0 radical (unpaired) electrons. The Morgan fingerprint density at radius 2 is 1.68 bits per heavy atom. The zero-order valence-corrected chi connectivity index (χ0v) is 15.5. The van der Waals surface area contributed by atoms with E-state index in [1.54, 1.807) is 0 Å². The number of rotatable bonds is 7. The van der Waals surface area contributed by atoms with Crippen molar-refractivity contribution >= 4 is 5.91 Å². The van der Waals surface area contributed by atoms with Crippen molar-refractivity contribution in [3.8, 4) is 5.75 Å². The number of amides is 1. The van der Waals surface area contributed by atoms with Crippen LogP contribution in [-0.2, 0) is 24.1 Å². The smallest absolute Gasteiger partial charge is 0.416 e. The highest BCUT2D eigenvalue weighted by molar-refractivity contribution is 5.78. The molecule has 1 saturated heterocycles. The molecule has 0 saturated carbocycles. The summed E-state index contributed by atoms with van der Waals surface area (Å²) in [6, 6.07) is 12.5. The highest BCUT2D eigenvalue weighted by atomic mass is 19.4. The summed E-state index contributed by atoms with van der Waals surface area (Å²) < 4.78 is 43.5. The normalized spacial score (nSPS) is 14.3. The Labute approximate surface area is 162 Å². The van der Waals surface area contributed by atoms with Gasteiger partial charge in [-0.05, 0) is 36.6 Å². The van der Waals surface area contributed by atoms with Crippen LogP contribution in [0.4, 0.5) is 13.2 Å². The average Bonchev–Trinajstić information content (AvgIpc) is 3.22. The van der Waals surface area contributed by atoms with Crippen LogP contribution in [0.5, 0.6) is 5.75 Å². The standard InChI is InChI=1S/C21H23F3N2O2/c22-21(23,24)18-9-7-16(8-10-18)13-25-14-17-5-1-2-6-19(17)28-15-20(27)26-11-3-4-12-26/h1-2,5-10,25H,3-4,11-15H2. The summed E-state index contributed by atoms with van der Waals surface area (Å²) in [5, 5.41) is 3.20. The first-order valence-electron chi connectivity index (χ1n) is 9.29. The Kier molecular flexibility index (Phi) is 6.57. The van der Waals surface area contributed by atoms with E-state index in [1.807, 2.05) is 29.2 Å². The molecule has 0 aromatic heterocycles. The lowest BCUT2D eigenvalue weighted by atomic mass is 10.1. The average molecular weight is 392 g/mol. The van der Waals surface area contributed by atoms with Crippen LogP contribution in [-0.4, -0.2) is 30.5 Å². The number of hydrogen-bond donors (Lipinski definition) is 1. The predicted molar refractivity (Wildman–Crippen MR) is 99.7 cm³/mol. The Morgan fingerprint density at radius 3 is 2.36 bits per heavy atom. The molecular weight excluding hydrogens is 369 g/mol. The molecule has 4 nitrogen and oxygen atoms in total. The minimum Gasteiger partial charge on any atom is -0.483 e. The fourth-order valence-electron chi connectivity index (χ4n) is 3.14. The first kappa shape index (κ1) is 20.2. The lowest BCUT2D eigenvalue weighted by molar-refractivity contribution is -0.137. The van der Waals surface area contributed by atoms with E-state index in [-0.39, 0.29) is 12.5 Å². The molecule has 0 bridgehead atoms. The lowest BCUT2D eigenvalue weighted by Crippen LogP contribution is -2.32. The lowest BCUT2D eigenvalue weighted by Gasteiger charge is -2.17. The van der Waals surface area contributed by atoms with Crippen LogP contribution in [0.1, 0.15) is 29.5 Å². The van der Waals surface area contributed by atoms with Crippen molar-refractivity contribution in [3.05, 3.63) is 65.2 Å². The number of carbonyl (C=O) groups excluding carboxylic acids is 1. The maximum absolute atomic E-state index is 12.6. The number of nitrogens with one attached hydrogen (secondary N) is 1. The summed E-state index contributed by atoms with van der Waals surface area (Å²) in [5.41, 5.74) is 0.997. The van der Waals surface area contributed by atoms with Crippen molar-refractivity contribution in [2.24, 2.45) is 0 Å². The van der Waals surface area contributed by atoms with E-state index >= 15 is 0 Å². The molecule has 28 heavy (non-hydrogen) atoms. The van der Waals surface area contributed by atoms with E-state index in [0.717, 1.165) is 49.2 Å². The Morgan fingerprint density at radius 1 is 1.00 bits per heavy atom. The van der Waals surface area contributed by atoms with Gasteiger partial charge in [-0.15, -0.1) is 0 Å². The van der Waals surface area contributed by atoms with Gasteiger partial charge >= 0.3 is 6.18 Å². The molecule has 3 rings (SSSR count). The van der Waals surface area contributed by atoms with Gasteiger partial charge < -0.3 is 15.0 Å². The second kappa shape index (κ2) is 9.10. The van der Waals surface area contributed by atoms with Gasteiger partial charge in [-0.1, -0.05) is 30.3 Å². The van der Waals surface area contributed by atoms with Crippen LogP contribution in [0.3, 0.4) is 0 Å². The van der Waals surface area contributed by atoms with Crippen molar-refractivity contribution in [3.63, 3.8) is 0 Å². The minimum atomic E-state index is -4.32. The van der Waals surface area contributed by atoms with E-state index < -0.39 is 11.7 Å². The second-order valence-electron chi connectivity index (χ2n) is 6.78. The number of alkyl halides is 3. The van der Waals surface area contributed by atoms with Crippen molar-refractivity contribution in [2.75, 3.05) is 19.7 Å². The van der Waals surface area contributed by atoms with Gasteiger partial charge in [0.15, 0.2) is 6.61 Å². The molecule has 150 valence electrons. The van der Waals surface area contributed by atoms with Gasteiger partial charge in [0.2, 0.25) is 0 Å². The van der Waals surface area contributed by atoms with E-state index in [2.05, 4.69) is 5.32 Å². The first-order valence-corrected chi connectivity index (χ1v) is 9.29. The molecule has 0 aliphatic carbocycles. The molecule has 0 unspecified atom stereocenters. The SMILES string of the molecule is O=C(COc1ccccc1CNCc1ccc(C(F)(F)F)cc1)N1CCCC1. The van der Waals surface area contributed by atoms with Crippen LogP contribution in [0, 0.1) is 0 Å². The zero-order chi connectivity index (χ0) is 20.0. The zero-order valence-electron chi connectivity index (χ0n) is 15.5. The molecule has 1 amide bonds. The Bertz CT molecular complexity index is 785. The highest BCUT2D eigenvalue weighted by Gasteiger charge is 2.29. The largest absolute Gasteiger partial charge is 0.483 e. The molecule has 2 aromatic carbocycles. The third-order valence-electron chi connectivity index (χ3n) is 4.71. The number of likely N-dealkylation sites (tertiary alicyclic amines) is 1. The van der Waals surface area contributed by atoms with Crippen LogP contribution >= 0.6 is 0 Å². The number of carbonyl (C=O) groups is 1. The predicted octanol–water partition coefficient (Wildman–Crippen LogP) is 4.00. The quantitative estimate of drug-likeness (QED) is 0.775. The van der Waals surface area contributed by atoms with Gasteiger partial charge in [0.1, 0.15) is 5.75 Å². The topological polar surface area (TPSA) is 41.6 Å². The Balaban J connectivity index is 1.51. The number of ether oxygens (including phenoxy) is 1. The molecule has 7 heteroatoms. The molecule has 1 N–H and O–H groups in total. The molecule has 2 aromatic rings. The van der Waals surface area contributed by atoms with E-state index in [0.29, 0.717) is 18.8 Å². The summed E-state index contributed by atoms with van der Waals surface area (Å²) in [6.45, 7) is 2.50. The second-order valence-corrected chi connectivity index (χ2v) is 6.78. The number of benzene rings is 2. The highest BCUT2D eigenvalue weighted by Crippen LogP contribution is 2.29. The van der Waals surface area contributed by atoms with E-state index in [9.17, 15) is 18.0 Å². The maximum atomic E-state index is 12.6. The monoisotopic (exact) mass is 392 g/mol. The van der Waals surface area contributed by atoms with Crippen LogP contribution in [0.2, 0.25) is 0 Å². The fourth-order valence-corrected chi connectivity index (χ4v) is 3.14. The van der Waals surface area contributed by atoms with Crippen molar-refractivity contribution in [2.45, 2.75) is 32.1 Å². The molecule has 1 aliphatic heterocycles. The minimum absolute atomic E-state index is 0.00924. The van der Waals surface area contributed by atoms with Crippen LogP contribution < -0.4 is 10.1 Å². The summed E-state index contributed by atoms with van der Waals surface area (Å²) in [6.07, 6.45) is -2.25. The third-order valence-corrected chi connectivity index (χ3v) is 4.71. The van der Waals surface area contributed by atoms with Gasteiger partial charge in [0.25, 0.3) is 5.91 Å². The third kappa shape index (κ3) is 5.48. The number of hydrogen-bond acceptors (Lipinski definition) is 3. The van der Waals surface area contributed by atoms with Gasteiger partial charge in [-0.2, -0.15) is 13.2 Å². The summed E-state index contributed by atoms with van der Waals surface area (Å²) in [5.74, 6) is 0.625. The van der Waals surface area contributed by atoms with Crippen LogP contribution in [0.25, 0.3) is 0 Å². The summed E-state index contributed by atoms with van der Waals surface area (Å²) in [7, 11) is 0. The molecule has 0 spiro atoms. The van der Waals surface area contributed by atoms with Crippen molar-refractivity contribution in [1.29, 1.82) is 0 Å². The van der Waals surface area contributed by atoms with Gasteiger partial charge in [-0.3, -0.25) is 4.79 Å². The van der Waals surface area contributed by atoms with Gasteiger partial charge in [0, 0.05) is 31.7 Å². The van der Waals surface area contributed by atoms with Crippen molar-refractivity contribution < 1.29 is 22.7 Å². The first-order chi connectivity index (χ1) is 13.4. The molecule has 0 atom stereocenters. The Hall–Kier alpha value is -2.54. The van der Waals surface area contributed by atoms with Gasteiger partial charge in [0.05, 0.1) is 5.56 Å². The molecular formula is C21H23F3N2O2. The summed E-state index contributed by atoms with van der Waals surface area (Å²) >= 11 is 0. The van der Waals surface area contributed by atoms with Crippen molar-refractivity contribution in [1.82, 2.24) is 10.2 Å². The summed E-state index contributed by atoms with van der Waals surface area (Å²) in [4.78, 5) is 13.9. The number of para-hydroxylation sites is 1. The molecule has 1 heterocycles. The molecule has 1 aliphatic rings. The number of halogens is 3. The maximum Gasteiger partial charge on any atom is 0.416 e. The van der Waals surface area contributed by atoms with Gasteiger partial charge in [-0.25, -0.2) is 0 Å².